The van der Waals surface area contributed by atoms with Crippen LogP contribution in [0.4, 0.5) is 18.9 Å². The number of nitrogens with zero attached hydrogens (tertiary/aromatic N) is 4. The molecule has 0 spiro atoms. The molecule has 2 aliphatic rings. The Morgan fingerprint density at radius 2 is 1.94 bits per heavy atom. The van der Waals surface area contributed by atoms with Crippen LogP contribution in [0, 0.1) is 5.92 Å². The van der Waals surface area contributed by atoms with Crippen molar-refractivity contribution >= 4 is 23.2 Å². The molecule has 1 amide bonds. The molecule has 0 radical (unpaired) electrons. The van der Waals surface area contributed by atoms with Crippen LogP contribution in [0.3, 0.4) is 0 Å². The van der Waals surface area contributed by atoms with Gasteiger partial charge in [-0.05, 0) is 59.7 Å². The third-order valence-electron chi connectivity index (χ3n) is 7.00. The lowest BCUT2D eigenvalue weighted by atomic mass is 9.84. The largest absolute Gasteiger partial charge is 0.416 e. The lowest BCUT2D eigenvalue weighted by molar-refractivity contribution is -0.138. The van der Waals surface area contributed by atoms with E-state index >= 15 is 0 Å². The molecule has 0 unspecified atom stereocenters. The zero-order chi connectivity index (χ0) is 24.0. The van der Waals surface area contributed by atoms with Crippen LogP contribution in [0.1, 0.15) is 70.0 Å². The lowest BCUT2D eigenvalue weighted by Crippen LogP contribution is -2.24. The van der Waals surface area contributed by atoms with Crippen molar-refractivity contribution in [1.29, 1.82) is 0 Å². The van der Waals surface area contributed by atoms with Gasteiger partial charge in [-0.3, -0.25) is 4.79 Å². The summed E-state index contributed by atoms with van der Waals surface area (Å²) in [5.41, 5.74) is 1.11. The van der Waals surface area contributed by atoms with Crippen LogP contribution in [0.2, 0.25) is 0 Å². The number of amides is 1. The van der Waals surface area contributed by atoms with E-state index in [0.29, 0.717) is 11.6 Å². The molecule has 5 rings (SSSR count). The molecule has 34 heavy (non-hydrogen) atoms. The molecule has 178 valence electrons. The minimum atomic E-state index is -4.57. The van der Waals surface area contributed by atoms with Gasteiger partial charge in [0.05, 0.1) is 12.1 Å². The van der Waals surface area contributed by atoms with Crippen LogP contribution in [-0.4, -0.2) is 20.7 Å². The van der Waals surface area contributed by atoms with Crippen molar-refractivity contribution in [1.82, 2.24) is 14.8 Å². The second kappa shape index (κ2) is 8.73. The Morgan fingerprint density at radius 1 is 1.18 bits per heavy atom. The molecule has 5 nitrogen and oxygen atoms in total. The minimum Gasteiger partial charge on any atom is -0.320 e. The number of carbonyl (C=O) groups excluding carboxylic acids is 1. The number of halogens is 4. The second-order valence-corrected chi connectivity index (χ2v) is 9.38. The molecular weight excluding hydrogens is 465 g/mol. The van der Waals surface area contributed by atoms with Gasteiger partial charge in [-0.1, -0.05) is 25.0 Å². The molecule has 2 aromatic carbocycles. The highest BCUT2D eigenvalue weighted by Gasteiger charge is 2.40. The Morgan fingerprint density at radius 3 is 2.59 bits per heavy atom. The van der Waals surface area contributed by atoms with Crippen molar-refractivity contribution in [3.05, 3.63) is 76.4 Å². The number of aromatic nitrogens is 3. The molecule has 0 bridgehead atoms. The molecule has 9 heteroatoms. The first-order valence-electron chi connectivity index (χ1n) is 11.3. The summed E-state index contributed by atoms with van der Waals surface area (Å²) < 4.78 is 43.2. The van der Waals surface area contributed by atoms with E-state index < -0.39 is 17.6 Å². The van der Waals surface area contributed by atoms with E-state index in [-0.39, 0.29) is 35.0 Å². The topological polar surface area (TPSA) is 51.0 Å². The highest BCUT2D eigenvalue weighted by Crippen LogP contribution is 2.43. The highest BCUT2D eigenvalue weighted by atomic mass is 35.5. The molecular formula is C25H24ClF3N4O. The summed E-state index contributed by atoms with van der Waals surface area (Å²) in [5, 5.41) is 8.42. The predicted molar refractivity (Wildman–Crippen MR) is 123 cm³/mol. The van der Waals surface area contributed by atoms with Gasteiger partial charge in [0.15, 0.2) is 0 Å². The molecule has 1 atom stereocenters. The monoisotopic (exact) mass is 488 g/mol. The van der Waals surface area contributed by atoms with Crippen LogP contribution in [0.5, 0.6) is 0 Å². The fraction of sp³-hybridized carbons (Fsp3) is 0.400. The molecule has 1 aliphatic carbocycles. The van der Waals surface area contributed by atoms with Crippen molar-refractivity contribution in [2.45, 2.75) is 50.2 Å². The van der Waals surface area contributed by atoms with Gasteiger partial charge in [0.25, 0.3) is 5.91 Å². The number of alkyl halides is 4. The van der Waals surface area contributed by atoms with Crippen LogP contribution in [0.15, 0.2) is 42.7 Å². The molecule has 2 heterocycles. The lowest BCUT2D eigenvalue weighted by Gasteiger charge is -2.25. The van der Waals surface area contributed by atoms with Crippen molar-refractivity contribution in [3.8, 4) is 0 Å². The van der Waals surface area contributed by atoms with Gasteiger partial charge in [-0.25, -0.2) is 0 Å². The summed E-state index contributed by atoms with van der Waals surface area (Å²) in [6.07, 6.45) is 1.57. The maximum absolute atomic E-state index is 13.8. The first-order valence-corrected chi connectivity index (χ1v) is 11.9. The van der Waals surface area contributed by atoms with E-state index in [1.807, 2.05) is 29.8 Å². The summed E-state index contributed by atoms with van der Waals surface area (Å²) in [7, 11) is 1.91. The van der Waals surface area contributed by atoms with Crippen molar-refractivity contribution in [3.63, 3.8) is 0 Å². The average molecular weight is 489 g/mol. The van der Waals surface area contributed by atoms with E-state index in [4.69, 9.17) is 11.6 Å². The number of fused-ring (bicyclic) bond motifs is 1. The third-order valence-corrected chi connectivity index (χ3v) is 7.31. The standard InChI is InChI=1S/C25H24ClF3N4O/c1-32-14-30-31-23(32)22(16-5-2-3-6-16)17-7-4-8-18(11-17)33-13-20-19(24(33)34)9-15(12-26)10-21(20)25(27,28)29/h4,7-11,14,16,22H,2-3,5-6,12-13H2,1H3/t22-/m1/s1. The zero-order valence-electron chi connectivity index (χ0n) is 18.6. The Balaban J connectivity index is 1.54. The summed E-state index contributed by atoms with van der Waals surface area (Å²) >= 11 is 5.83. The first kappa shape index (κ1) is 22.9. The van der Waals surface area contributed by atoms with Crippen LogP contribution < -0.4 is 4.90 Å². The summed E-state index contributed by atoms with van der Waals surface area (Å²) in [6.45, 7) is -0.132. The summed E-state index contributed by atoms with van der Waals surface area (Å²) in [6, 6.07) is 10.1. The molecule has 1 fully saturated rings. The van der Waals surface area contributed by atoms with E-state index in [1.54, 1.807) is 12.4 Å². The van der Waals surface area contributed by atoms with E-state index in [0.717, 1.165) is 43.1 Å². The number of hydrogen-bond acceptors (Lipinski definition) is 3. The maximum Gasteiger partial charge on any atom is 0.416 e. The van der Waals surface area contributed by atoms with Crippen molar-refractivity contribution in [2.24, 2.45) is 13.0 Å². The van der Waals surface area contributed by atoms with E-state index in [9.17, 15) is 18.0 Å². The van der Waals surface area contributed by atoms with Gasteiger partial charge < -0.3 is 9.47 Å². The first-order chi connectivity index (χ1) is 16.3. The van der Waals surface area contributed by atoms with Gasteiger partial charge >= 0.3 is 6.18 Å². The van der Waals surface area contributed by atoms with Gasteiger partial charge in [0, 0.05) is 30.1 Å². The van der Waals surface area contributed by atoms with Crippen LogP contribution in [-0.2, 0) is 25.6 Å². The SMILES string of the molecule is Cn1cnnc1[C@@H](c1cccc(N2Cc3c(cc(CCl)cc3C(F)(F)F)C2=O)c1)C1CCCC1. The maximum atomic E-state index is 13.8. The fourth-order valence-electron chi connectivity index (χ4n) is 5.39. The minimum absolute atomic E-state index is 0.00239. The second-order valence-electron chi connectivity index (χ2n) is 9.11. The fourth-order valence-corrected chi connectivity index (χ4v) is 5.54. The van der Waals surface area contributed by atoms with Gasteiger partial charge in [-0.15, -0.1) is 21.8 Å². The third kappa shape index (κ3) is 3.98. The number of rotatable bonds is 5. The van der Waals surface area contributed by atoms with Crippen LogP contribution in [0.25, 0.3) is 0 Å². The van der Waals surface area contributed by atoms with E-state index in [2.05, 4.69) is 10.2 Å². The Hall–Kier alpha value is -2.87. The zero-order valence-corrected chi connectivity index (χ0v) is 19.4. The average Bonchev–Trinajstić information content (AvgIpc) is 3.55. The van der Waals surface area contributed by atoms with Crippen molar-refractivity contribution < 1.29 is 18.0 Å². The van der Waals surface area contributed by atoms with Gasteiger partial charge in [-0.2, -0.15) is 13.2 Å². The Bertz CT molecular complexity index is 1230. The predicted octanol–water partition coefficient (Wildman–Crippen LogP) is 6.06. The Labute approximate surface area is 200 Å². The number of carbonyl (C=O) groups is 1. The normalized spacial score (nSPS) is 17.4. The molecule has 0 saturated heterocycles. The number of aryl methyl sites for hydroxylation is 1. The highest BCUT2D eigenvalue weighted by molar-refractivity contribution is 6.17. The Kier molecular flexibility index (Phi) is 5.88. The molecule has 0 N–H and O–H groups in total. The molecule has 1 saturated carbocycles. The summed E-state index contributed by atoms with van der Waals surface area (Å²) in [5.74, 6) is 0.711. The molecule has 1 aromatic heterocycles. The van der Waals surface area contributed by atoms with Crippen LogP contribution >= 0.6 is 11.6 Å². The van der Waals surface area contributed by atoms with Crippen molar-refractivity contribution in [2.75, 3.05) is 4.90 Å². The molecule has 3 aromatic rings. The van der Waals surface area contributed by atoms with Gasteiger partial charge in [0.2, 0.25) is 0 Å². The van der Waals surface area contributed by atoms with Gasteiger partial charge in [0.1, 0.15) is 12.2 Å². The van der Waals surface area contributed by atoms with E-state index in [1.165, 1.54) is 11.0 Å². The number of hydrogen-bond donors (Lipinski definition) is 0. The number of anilines is 1. The number of benzene rings is 2. The molecule has 1 aliphatic heterocycles. The summed E-state index contributed by atoms with van der Waals surface area (Å²) in [4.78, 5) is 14.7. The smallest absolute Gasteiger partial charge is 0.320 e. The quantitative estimate of drug-likeness (QED) is 0.410.